The van der Waals surface area contributed by atoms with Crippen LogP contribution in [0.3, 0.4) is 0 Å². The van der Waals surface area contributed by atoms with Crippen LogP contribution >= 0.6 is 11.6 Å². The predicted molar refractivity (Wildman–Crippen MR) is 118 cm³/mol. The van der Waals surface area contributed by atoms with Gasteiger partial charge in [-0.15, -0.1) is 0 Å². The molecule has 2 rings (SSSR count). The third-order valence-electron chi connectivity index (χ3n) is 4.54. The van der Waals surface area contributed by atoms with Crippen LogP contribution in [0.2, 0.25) is 5.02 Å². The summed E-state index contributed by atoms with van der Waals surface area (Å²) in [6.07, 6.45) is 0. The third-order valence-corrected chi connectivity index (χ3v) is 8.88. The van der Waals surface area contributed by atoms with Gasteiger partial charge in [0.1, 0.15) is 11.5 Å². The Bertz CT molecular complexity index is 1160. The van der Waals surface area contributed by atoms with Crippen molar-refractivity contribution in [3.63, 3.8) is 0 Å². The molecule has 8 nitrogen and oxygen atoms in total. The topological polar surface area (TPSA) is 101 Å². The van der Waals surface area contributed by atoms with Gasteiger partial charge >= 0.3 is 5.97 Å². The number of ether oxygens (including phenoxy) is 1. The highest BCUT2D eigenvalue weighted by atomic mass is 35.5. The Morgan fingerprint density at radius 1 is 0.968 bits per heavy atom. The third kappa shape index (κ3) is 5.64. The zero-order chi connectivity index (χ0) is 23.4. The number of hydrogen-bond acceptors (Lipinski definition) is 6. The molecular formula is C20H25ClN2O6S2. The second-order valence-corrected chi connectivity index (χ2v) is 11.2. The monoisotopic (exact) mass is 488 g/mol. The smallest absolute Gasteiger partial charge is 0.338 e. The molecule has 2 aromatic carbocycles. The fourth-order valence-electron chi connectivity index (χ4n) is 2.77. The lowest BCUT2D eigenvalue weighted by Crippen LogP contribution is -2.31. The number of sulfonamides is 2. The Labute approximate surface area is 188 Å². The molecule has 0 amide bonds. The Balaban J connectivity index is 2.25. The number of hydrogen-bond donors (Lipinski definition) is 0. The zero-order valence-electron chi connectivity index (χ0n) is 17.7. The summed E-state index contributed by atoms with van der Waals surface area (Å²) in [4.78, 5) is 12.4. The van der Waals surface area contributed by atoms with Crippen LogP contribution in [0, 0.1) is 0 Å². The fourth-order valence-corrected chi connectivity index (χ4v) is 5.70. The minimum atomic E-state index is -3.86. The molecule has 2 aromatic rings. The van der Waals surface area contributed by atoms with Gasteiger partial charge in [-0.25, -0.2) is 25.9 Å². The standard InChI is InChI=1S/C20H25ClN2O6S2/c1-5-23(6-2)31(27,28)19-13-16(10-11-18(19)21)20(24)29-14-15-8-7-9-17(12-15)30(25,26)22(3)4/h7-13H,5-6,14H2,1-4H3. The lowest BCUT2D eigenvalue weighted by Gasteiger charge is -2.19. The maximum absolute atomic E-state index is 12.8. The number of halogens is 1. The van der Waals surface area contributed by atoms with Crippen molar-refractivity contribution in [3.8, 4) is 0 Å². The number of esters is 1. The van der Waals surface area contributed by atoms with E-state index >= 15 is 0 Å². The normalized spacial score (nSPS) is 12.4. The van der Waals surface area contributed by atoms with Crippen LogP contribution in [0.5, 0.6) is 0 Å². The Morgan fingerprint density at radius 3 is 2.19 bits per heavy atom. The minimum Gasteiger partial charge on any atom is -0.457 e. The summed E-state index contributed by atoms with van der Waals surface area (Å²) in [6.45, 7) is 3.75. The summed E-state index contributed by atoms with van der Waals surface area (Å²) >= 11 is 6.08. The maximum atomic E-state index is 12.8. The molecule has 0 unspecified atom stereocenters. The van der Waals surface area contributed by atoms with Gasteiger partial charge < -0.3 is 4.74 Å². The van der Waals surface area contributed by atoms with Crippen LogP contribution in [0.1, 0.15) is 29.8 Å². The van der Waals surface area contributed by atoms with E-state index in [0.717, 1.165) is 4.31 Å². The van der Waals surface area contributed by atoms with Crippen LogP contribution in [0.15, 0.2) is 52.3 Å². The van der Waals surface area contributed by atoms with Gasteiger partial charge in [-0.1, -0.05) is 37.6 Å². The first-order valence-electron chi connectivity index (χ1n) is 9.43. The lowest BCUT2D eigenvalue weighted by atomic mass is 10.2. The first-order chi connectivity index (χ1) is 14.4. The molecule has 0 aliphatic heterocycles. The quantitative estimate of drug-likeness (QED) is 0.503. The summed E-state index contributed by atoms with van der Waals surface area (Å²) in [5.41, 5.74) is 0.494. The van der Waals surface area contributed by atoms with E-state index in [9.17, 15) is 21.6 Å². The van der Waals surface area contributed by atoms with E-state index in [4.69, 9.17) is 16.3 Å². The van der Waals surface area contributed by atoms with Crippen LogP contribution < -0.4 is 0 Å². The van der Waals surface area contributed by atoms with Crippen molar-refractivity contribution in [1.82, 2.24) is 8.61 Å². The van der Waals surface area contributed by atoms with Crippen LogP contribution in [-0.4, -0.2) is 58.6 Å². The van der Waals surface area contributed by atoms with Gasteiger partial charge in [0.2, 0.25) is 20.0 Å². The second kappa shape index (κ2) is 10.1. The summed E-state index contributed by atoms with van der Waals surface area (Å²) < 4.78 is 57.7. The van der Waals surface area contributed by atoms with E-state index in [0.29, 0.717) is 5.56 Å². The number of carbonyl (C=O) groups is 1. The summed E-state index contributed by atoms with van der Waals surface area (Å²) in [5, 5.41) is 0.00467. The maximum Gasteiger partial charge on any atom is 0.338 e. The fraction of sp³-hybridized carbons (Fsp3) is 0.350. The van der Waals surface area contributed by atoms with E-state index in [-0.39, 0.29) is 40.1 Å². The Hall–Kier alpha value is -1.98. The SMILES string of the molecule is CCN(CC)S(=O)(=O)c1cc(C(=O)OCc2cccc(S(=O)(=O)N(C)C)c2)ccc1Cl. The lowest BCUT2D eigenvalue weighted by molar-refractivity contribution is 0.0472. The summed E-state index contributed by atoms with van der Waals surface area (Å²) in [7, 11) is -4.64. The molecule has 0 N–H and O–H groups in total. The second-order valence-electron chi connectivity index (χ2n) is 6.75. The molecule has 31 heavy (non-hydrogen) atoms. The number of nitrogens with zero attached hydrogens (tertiary/aromatic N) is 2. The highest BCUT2D eigenvalue weighted by Crippen LogP contribution is 2.26. The van der Waals surface area contributed by atoms with Crippen molar-refractivity contribution in [1.29, 1.82) is 0 Å². The number of carbonyl (C=O) groups excluding carboxylic acids is 1. The molecule has 0 radical (unpaired) electrons. The molecule has 11 heteroatoms. The number of rotatable bonds is 9. The van der Waals surface area contributed by atoms with E-state index < -0.39 is 26.0 Å². The molecule has 170 valence electrons. The van der Waals surface area contributed by atoms with Gasteiger partial charge in [-0.3, -0.25) is 0 Å². The minimum absolute atomic E-state index is 0.00467. The van der Waals surface area contributed by atoms with Crippen molar-refractivity contribution in [2.24, 2.45) is 0 Å². The van der Waals surface area contributed by atoms with Crippen molar-refractivity contribution in [2.75, 3.05) is 27.2 Å². The molecule has 0 aliphatic carbocycles. The van der Waals surface area contributed by atoms with Gasteiger partial charge in [0.05, 0.1) is 15.5 Å². The molecule has 0 aliphatic rings. The van der Waals surface area contributed by atoms with E-state index in [1.165, 1.54) is 48.7 Å². The average molecular weight is 489 g/mol. The molecule has 0 heterocycles. The molecule has 0 saturated heterocycles. The van der Waals surface area contributed by atoms with Gasteiger partial charge in [0, 0.05) is 27.2 Å². The molecule has 0 aromatic heterocycles. The van der Waals surface area contributed by atoms with Gasteiger partial charge in [-0.2, -0.15) is 4.31 Å². The molecule has 0 spiro atoms. The highest BCUT2D eigenvalue weighted by molar-refractivity contribution is 7.89. The van der Waals surface area contributed by atoms with E-state index in [1.807, 2.05) is 0 Å². The van der Waals surface area contributed by atoms with Crippen LogP contribution in [0.25, 0.3) is 0 Å². The van der Waals surface area contributed by atoms with Crippen LogP contribution in [-0.2, 0) is 31.4 Å². The van der Waals surface area contributed by atoms with E-state index in [2.05, 4.69) is 0 Å². The van der Waals surface area contributed by atoms with Crippen molar-refractivity contribution >= 4 is 37.6 Å². The van der Waals surface area contributed by atoms with E-state index in [1.54, 1.807) is 26.0 Å². The molecule has 0 bridgehead atoms. The molecule has 0 atom stereocenters. The summed E-state index contributed by atoms with van der Waals surface area (Å²) in [5.74, 6) is -0.756. The number of benzene rings is 2. The first-order valence-corrected chi connectivity index (χ1v) is 12.7. The van der Waals surface area contributed by atoms with Crippen molar-refractivity contribution < 1.29 is 26.4 Å². The Morgan fingerprint density at radius 2 is 1.61 bits per heavy atom. The Kier molecular flexibility index (Phi) is 8.23. The summed E-state index contributed by atoms with van der Waals surface area (Å²) in [6, 6.07) is 9.94. The van der Waals surface area contributed by atoms with Gasteiger partial charge in [-0.05, 0) is 35.9 Å². The molecular weight excluding hydrogens is 464 g/mol. The highest BCUT2D eigenvalue weighted by Gasteiger charge is 2.26. The van der Waals surface area contributed by atoms with Gasteiger partial charge in [0.25, 0.3) is 0 Å². The molecule has 0 saturated carbocycles. The average Bonchev–Trinajstić information content (AvgIpc) is 2.73. The largest absolute Gasteiger partial charge is 0.457 e. The predicted octanol–water partition coefficient (Wildman–Crippen LogP) is 2.98. The van der Waals surface area contributed by atoms with Gasteiger partial charge in [0.15, 0.2) is 0 Å². The van der Waals surface area contributed by atoms with Crippen molar-refractivity contribution in [3.05, 3.63) is 58.6 Å². The zero-order valence-corrected chi connectivity index (χ0v) is 20.1. The van der Waals surface area contributed by atoms with Crippen LogP contribution in [0.4, 0.5) is 0 Å². The van der Waals surface area contributed by atoms with Crippen molar-refractivity contribution in [2.45, 2.75) is 30.2 Å². The first kappa shape index (κ1) is 25.3. The molecule has 0 fully saturated rings.